The number of fused-ring (bicyclic) bond motifs is 1. The predicted molar refractivity (Wildman–Crippen MR) is 124 cm³/mol. The van der Waals surface area contributed by atoms with Crippen LogP contribution in [-0.4, -0.2) is 40.8 Å². The number of H-pyrrole nitrogens is 1. The molecule has 31 heavy (non-hydrogen) atoms. The second kappa shape index (κ2) is 9.15. The second-order valence-electron chi connectivity index (χ2n) is 8.76. The number of benzene rings is 2. The molecule has 3 aromatic rings. The first kappa shape index (κ1) is 21.4. The number of nitrogens with zero attached hydrogens (tertiary/aromatic N) is 1. The van der Waals surface area contributed by atoms with E-state index in [1.54, 1.807) is 24.3 Å². The summed E-state index contributed by atoms with van der Waals surface area (Å²) in [4.78, 5) is 31.8. The number of piperidine rings is 1. The lowest BCUT2D eigenvalue weighted by Gasteiger charge is -2.37. The fourth-order valence-electron chi connectivity index (χ4n) is 4.67. The number of hydrogen-bond acceptors (Lipinski definition) is 2. The SMILES string of the molecule is CC1CC(C)CN(C(=O)[C@H](Cc2c[nH]c3ccccc23)NC(=O)c2ccccc2Cl)C1. The number of halogens is 1. The van der Waals surface area contributed by atoms with Gasteiger partial charge in [0.15, 0.2) is 0 Å². The highest BCUT2D eigenvalue weighted by atomic mass is 35.5. The summed E-state index contributed by atoms with van der Waals surface area (Å²) in [6.07, 6.45) is 3.45. The summed E-state index contributed by atoms with van der Waals surface area (Å²) in [5, 5.41) is 4.41. The number of aromatic nitrogens is 1. The van der Waals surface area contributed by atoms with Crippen molar-refractivity contribution in [3.05, 3.63) is 70.9 Å². The Bertz CT molecular complexity index is 1080. The van der Waals surface area contributed by atoms with Gasteiger partial charge in [-0.15, -0.1) is 0 Å². The number of rotatable bonds is 5. The van der Waals surface area contributed by atoms with E-state index < -0.39 is 6.04 Å². The molecule has 0 radical (unpaired) electrons. The van der Waals surface area contributed by atoms with E-state index in [1.807, 2.05) is 35.4 Å². The van der Waals surface area contributed by atoms with Gasteiger partial charge in [0.2, 0.25) is 5.91 Å². The topological polar surface area (TPSA) is 65.2 Å². The maximum atomic E-state index is 13.6. The number of amides is 2. The van der Waals surface area contributed by atoms with Gasteiger partial charge in [-0.3, -0.25) is 9.59 Å². The molecule has 2 aromatic carbocycles. The van der Waals surface area contributed by atoms with Crippen molar-refractivity contribution in [2.24, 2.45) is 11.8 Å². The van der Waals surface area contributed by atoms with E-state index in [4.69, 9.17) is 11.6 Å². The number of aromatic amines is 1. The average Bonchev–Trinajstić information content (AvgIpc) is 3.15. The molecule has 1 aromatic heterocycles. The molecule has 2 unspecified atom stereocenters. The molecule has 0 spiro atoms. The summed E-state index contributed by atoms with van der Waals surface area (Å²) < 4.78 is 0. The maximum Gasteiger partial charge on any atom is 0.253 e. The van der Waals surface area contributed by atoms with Gasteiger partial charge in [0.1, 0.15) is 6.04 Å². The molecule has 5 nitrogen and oxygen atoms in total. The molecular formula is C25H28ClN3O2. The van der Waals surface area contributed by atoms with Crippen molar-refractivity contribution >= 4 is 34.3 Å². The van der Waals surface area contributed by atoms with Crippen molar-refractivity contribution in [2.45, 2.75) is 32.7 Å². The molecule has 1 saturated heterocycles. The number of hydrogen-bond donors (Lipinski definition) is 2. The minimum Gasteiger partial charge on any atom is -0.361 e. The Kier molecular flexibility index (Phi) is 6.33. The van der Waals surface area contributed by atoms with Crippen LogP contribution in [0.25, 0.3) is 10.9 Å². The van der Waals surface area contributed by atoms with Gasteiger partial charge in [-0.05, 0) is 42.0 Å². The lowest BCUT2D eigenvalue weighted by atomic mass is 9.91. The van der Waals surface area contributed by atoms with Crippen LogP contribution >= 0.6 is 11.6 Å². The Labute approximate surface area is 187 Å². The van der Waals surface area contributed by atoms with E-state index in [0.29, 0.717) is 28.8 Å². The minimum atomic E-state index is -0.666. The normalized spacial score (nSPS) is 19.9. The Balaban J connectivity index is 1.62. The highest BCUT2D eigenvalue weighted by molar-refractivity contribution is 6.33. The molecule has 1 aliphatic heterocycles. The largest absolute Gasteiger partial charge is 0.361 e. The molecule has 2 amide bonds. The van der Waals surface area contributed by atoms with Crippen LogP contribution < -0.4 is 5.32 Å². The molecule has 6 heteroatoms. The quantitative estimate of drug-likeness (QED) is 0.609. The summed E-state index contributed by atoms with van der Waals surface area (Å²) in [7, 11) is 0. The van der Waals surface area contributed by atoms with Gasteiger partial charge in [-0.1, -0.05) is 55.8 Å². The molecule has 3 atom stereocenters. The summed E-state index contributed by atoms with van der Waals surface area (Å²) in [6, 6.07) is 14.2. The van der Waals surface area contributed by atoms with Crippen LogP contribution in [0.4, 0.5) is 0 Å². The van der Waals surface area contributed by atoms with E-state index in [9.17, 15) is 9.59 Å². The summed E-state index contributed by atoms with van der Waals surface area (Å²) >= 11 is 6.23. The van der Waals surface area contributed by atoms with Crippen molar-refractivity contribution in [3.8, 4) is 0 Å². The number of nitrogens with one attached hydrogen (secondary N) is 2. The van der Waals surface area contributed by atoms with Gasteiger partial charge >= 0.3 is 0 Å². The van der Waals surface area contributed by atoms with Gasteiger partial charge in [0.25, 0.3) is 5.91 Å². The molecule has 0 saturated carbocycles. The van der Waals surface area contributed by atoms with Gasteiger partial charge < -0.3 is 15.2 Å². The van der Waals surface area contributed by atoms with Gasteiger partial charge in [-0.25, -0.2) is 0 Å². The molecule has 2 N–H and O–H groups in total. The standard InChI is InChI=1S/C25H28ClN3O2/c1-16-11-17(2)15-29(14-16)25(31)23(28-24(30)20-8-3-5-9-21(20)26)12-18-13-27-22-10-6-4-7-19(18)22/h3-10,13,16-17,23,27H,11-12,14-15H2,1-2H3,(H,28,30)/t16?,17?,23-/m0/s1. The Morgan fingerprint density at radius 1 is 1.10 bits per heavy atom. The Morgan fingerprint density at radius 3 is 2.52 bits per heavy atom. The third-order valence-electron chi connectivity index (χ3n) is 6.00. The zero-order valence-electron chi connectivity index (χ0n) is 17.9. The summed E-state index contributed by atoms with van der Waals surface area (Å²) in [5.74, 6) is 0.521. The van der Waals surface area contributed by atoms with Gasteiger partial charge in [-0.2, -0.15) is 0 Å². The molecule has 1 aliphatic rings. The minimum absolute atomic E-state index is 0.0379. The first-order valence-electron chi connectivity index (χ1n) is 10.8. The lowest BCUT2D eigenvalue weighted by molar-refractivity contribution is -0.135. The molecule has 4 rings (SSSR count). The maximum absolute atomic E-state index is 13.6. The zero-order chi connectivity index (χ0) is 22.0. The molecular weight excluding hydrogens is 410 g/mol. The molecule has 162 valence electrons. The monoisotopic (exact) mass is 437 g/mol. The van der Waals surface area contributed by atoms with E-state index in [-0.39, 0.29) is 11.8 Å². The summed E-state index contributed by atoms with van der Waals surface area (Å²) in [5.41, 5.74) is 2.40. The zero-order valence-corrected chi connectivity index (χ0v) is 18.7. The summed E-state index contributed by atoms with van der Waals surface area (Å²) in [6.45, 7) is 5.78. The van der Waals surface area contributed by atoms with Gasteiger partial charge in [0.05, 0.1) is 10.6 Å². The van der Waals surface area contributed by atoms with E-state index >= 15 is 0 Å². The van der Waals surface area contributed by atoms with E-state index in [2.05, 4.69) is 24.1 Å². The van der Waals surface area contributed by atoms with Crippen molar-refractivity contribution < 1.29 is 9.59 Å². The molecule has 0 aliphatic carbocycles. The molecule has 2 heterocycles. The molecule has 0 bridgehead atoms. The smallest absolute Gasteiger partial charge is 0.253 e. The first-order chi connectivity index (χ1) is 14.9. The van der Waals surface area contributed by atoms with E-state index in [1.165, 1.54) is 0 Å². The second-order valence-corrected chi connectivity index (χ2v) is 9.17. The van der Waals surface area contributed by atoms with Crippen molar-refractivity contribution in [2.75, 3.05) is 13.1 Å². The number of para-hydroxylation sites is 1. The fourth-order valence-corrected chi connectivity index (χ4v) is 4.89. The van der Waals surface area contributed by atoms with Crippen molar-refractivity contribution in [1.29, 1.82) is 0 Å². The third-order valence-corrected chi connectivity index (χ3v) is 6.33. The third kappa shape index (κ3) is 4.77. The number of carbonyl (C=O) groups is 2. The fraction of sp³-hybridized carbons (Fsp3) is 0.360. The van der Waals surface area contributed by atoms with Crippen molar-refractivity contribution in [1.82, 2.24) is 15.2 Å². The van der Waals surface area contributed by atoms with Crippen LogP contribution in [-0.2, 0) is 11.2 Å². The average molecular weight is 438 g/mol. The Morgan fingerprint density at radius 2 is 1.77 bits per heavy atom. The van der Waals surface area contributed by atoms with Crippen LogP contribution in [0.5, 0.6) is 0 Å². The first-order valence-corrected chi connectivity index (χ1v) is 11.2. The lowest BCUT2D eigenvalue weighted by Crippen LogP contribution is -2.53. The van der Waals surface area contributed by atoms with Crippen LogP contribution in [0.3, 0.4) is 0 Å². The van der Waals surface area contributed by atoms with Gasteiger partial charge in [0, 0.05) is 36.6 Å². The van der Waals surface area contributed by atoms with Crippen LogP contribution in [0.2, 0.25) is 5.02 Å². The Hall–Kier alpha value is -2.79. The van der Waals surface area contributed by atoms with Crippen LogP contribution in [0.15, 0.2) is 54.7 Å². The number of likely N-dealkylation sites (tertiary alicyclic amines) is 1. The van der Waals surface area contributed by atoms with Crippen molar-refractivity contribution in [3.63, 3.8) is 0 Å². The predicted octanol–water partition coefficient (Wildman–Crippen LogP) is 4.67. The highest BCUT2D eigenvalue weighted by Gasteiger charge is 2.32. The highest BCUT2D eigenvalue weighted by Crippen LogP contribution is 2.24. The van der Waals surface area contributed by atoms with Crippen LogP contribution in [0, 0.1) is 11.8 Å². The number of carbonyl (C=O) groups excluding carboxylic acids is 2. The van der Waals surface area contributed by atoms with E-state index in [0.717, 1.165) is 36.0 Å². The van der Waals surface area contributed by atoms with Crippen LogP contribution in [0.1, 0.15) is 36.2 Å². The molecule has 1 fully saturated rings.